The second-order valence-corrected chi connectivity index (χ2v) is 8.99. The van der Waals surface area contributed by atoms with Gasteiger partial charge in [0, 0.05) is 0 Å². The first-order valence-electron chi connectivity index (χ1n) is 8.37. The van der Waals surface area contributed by atoms with Gasteiger partial charge in [-0.3, -0.25) is 13.7 Å². The lowest BCUT2D eigenvalue weighted by molar-refractivity contribution is 0.260. The average molecular weight is 288 g/mol. The molecular weight excluding hydrogens is 250 g/mol. The van der Waals surface area contributed by atoms with Gasteiger partial charge in [0.15, 0.2) is 0 Å². The van der Waals surface area contributed by atoms with Gasteiger partial charge in [0.05, 0.1) is 0 Å². The zero-order valence-electron chi connectivity index (χ0n) is 14.5. The van der Waals surface area contributed by atoms with Gasteiger partial charge in [-0.1, -0.05) is 54.9 Å². The summed E-state index contributed by atoms with van der Waals surface area (Å²) in [7, 11) is -1.68. The molecule has 0 radical (unpaired) electrons. The quantitative estimate of drug-likeness (QED) is 0.540. The van der Waals surface area contributed by atoms with E-state index in [-0.39, 0.29) is 0 Å². The molecule has 0 saturated heterocycles. The Labute approximate surface area is 123 Å². The molecule has 0 aromatic heterocycles. The van der Waals surface area contributed by atoms with Gasteiger partial charge in [0.2, 0.25) is 0 Å². The lowest BCUT2D eigenvalue weighted by Crippen LogP contribution is -2.75. The van der Waals surface area contributed by atoms with Crippen LogP contribution >= 0.6 is 0 Å². The summed E-state index contributed by atoms with van der Waals surface area (Å²) in [5.74, 6) is 0. The maximum absolute atomic E-state index is 2.79. The third-order valence-corrected chi connectivity index (χ3v) is 10.5. The molecule has 0 fully saturated rings. The van der Waals surface area contributed by atoms with Crippen molar-refractivity contribution in [2.75, 3.05) is 39.3 Å². The number of hydrogen-bond donors (Lipinski definition) is 0. The largest absolute Gasteiger partial charge is 0.300 e. The zero-order chi connectivity index (χ0) is 14.9. The second kappa shape index (κ2) is 9.92. The van der Waals surface area contributed by atoms with E-state index in [0.29, 0.717) is 0 Å². The highest BCUT2D eigenvalue weighted by Crippen LogP contribution is 2.26. The Bertz CT molecular complexity index is 180. The van der Waals surface area contributed by atoms with Crippen LogP contribution in [0.2, 0.25) is 6.04 Å². The SMILES string of the molecule is CCC[Si](N(CC)CC)(N(CC)CC)N(CC)CC. The molecule has 0 aliphatic rings. The smallest absolute Gasteiger partial charge is 0.289 e. The molecule has 0 bridgehead atoms. The zero-order valence-corrected chi connectivity index (χ0v) is 15.5. The lowest BCUT2D eigenvalue weighted by Gasteiger charge is -2.53. The van der Waals surface area contributed by atoms with Crippen LogP contribution in [0.3, 0.4) is 0 Å². The van der Waals surface area contributed by atoms with E-state index in [2.05, 4.69) is 62.2 Å². The fraction of sp³-hybridized carbons (Fsp3) is 1.00. The maximum Gasteiger partial charge on any atom is 0.289 e. The van der Waals surface area contributed by atoms with E-state index >= 15 is 0 Å². The van der Waals surface area contributed by atoms with E-state index in [4.69, 9.17) is 0 Å². The standard InChI is InChI=1S/C15H37N3Si/c1-8-15-19(16(9-2)10-3,17(11-4)12-5)18(13-6)14-7/h8-15H2,1-7H3. The van der Waals surface area contributed by atoms with Crippen molar-refractivity contribution >= 4 is 8.56 Å². The van der Waals surface area contributed by atoms with Gasteiger partial charge in [0.25, 0.3) is 8.56 Å². The van der Waals surface area contributed by atoms with Crippen molar-refractivity contribution in [3.05, 3.63) is 0 Å². The number of hydrogen-bond acceptors (Lipinski definition) is 3. The Morgan fingerprint density at radius 1 is 0.526 bits per heavy atom. The van der Waals surface area contributed by atoms with Crippen LogP contribution in [0.5, 0.6) is 0 Å². The Hall–Kier alpha value is 0.0969. The molecular formula is C15H37N3Si. The highest BCUT2D eigenvalue weighted by atomic mass is 28.4. The van der Waals surface area contributed by atoms with Crippen molar-refractivity contribution in [2.24, 2.45) is 0 Å². The molecule has 0 unspecified atom stereocenters. The van der Waals surface area contributed by atoms with Gasteiger partial charge in [-0.25, -0.2) is 0 Å². The van der Waals surface area contributed by atoms with Crippen LogP contribution < -0.4 is 0 Å². The van der Waals surface area contributed by atoms with Gasteiger partial charge in [-0.05, 0) is 45.3 Å². The van der Waals surface area contributed by atoms with Gasteiger partial charge in [-0.15, -0.1) is 0 Å². The normalized spacial score (nSPS) is 12.9. The van der Waals surface area contributed by atoms with E-state index in [1.54, 1.807) is 0 Å². The van der Waals surface area contributed by atoms with Gasteiger partial charge in [-0.2, -0.15) is 0 Å². The van der Waals surface area contributed by atoms with E-state index in [1.807, 2.05) is 0 Å². The van der Waals surface area contributed by atoms with Crippen LogP contribution in [0, 0.1) is 0 Å². The predicted molar refractivity (Wildman–Crippen MR) is 89.6 cm³/mol. The van der Waals surface area contributed by atoms with E-state index < -0.39 is 8.56 Å². The van der Waals surface area contributed by atoms with E-state index in [0.717, 1.165) is 0 Å². The Morgan fingerprint density at radius 3 is 0.947 bits per heavy atom. The molecule has 0 aliphatic heterocycles. The topological polar surface area (TPSA) is 9.72 Å². The third-order valence-electron chi connectivity index (χ3n) is 4.40. The van der Waals surface area contributed by atoms with Crippen molar-refractivity contribution in [3.63, 3.8) is 0 Å². The molecule has 0 atom stereocenters. The molecule has 3 nitrogen and oxygen atoms in total. The molecule has 4 heteroatoms. The first-order valence-corrected chi connectivity index (χ1v) is 10.4. The Morgan fingerprint density at radius 2 is 0.789 bits per heavy atom. The second-order valence-electron chi connectivity index (χ2n) is 5.04. The molecule has 0 amide bonds. The van der Waals surface area contributed by atoms with Crippen molar-refractivity contribution in [1.29, 1.82) is 0 Å². The minimum absolute atomic E-state index is 1.18. The summed E-state index contributed by atoms with van der Waals surface area (Å²) in [5, 5.41) is 0. The summed E-state index contributed by atoms with van der Waals surface area (Å²) < 4.78 is 8.36. The molecule has 0 aromatic rings. The first-order chi connectivity index (χ1) is 9.12. The summed E-state index contributed by atoms with van der Waals surface area (Å²) in [4.78, 5) is 0. The number of nitrogens with zero attached hydrogens (tertiary/aromatic N) is 3. The minimum atomic E-state index is -1.68. The van der Waals surface area contributed by atoms with Gasteiger partial charge in [0.1, 0.15) is 0 Å². The summed E-state index contributed by atoms with van der Waals surface area (Å²) in [6.07, 6.45) is 1.29. The molecule has 0 aliphatic carbocycles. The monoisotopic (exact) mass is 287 g/mol. The van der Waals surface area contributed by atoms with Crippen LogP contribution in [0.4, 0.5) is 0 Å². The van der Waals surface area contributed by atoms with Crippen LogP contribution in [0.15, 0.2) is 0 Å². The highest BCUT2D eigenvalue weighted by molar-refractivity contribution is 6.71. The third kappa shape index (κ3) is 4.03. The molecule has 0 saturated carbocycles. The van der Waals surface area contributed by atoms with Crippen molar-refractivity contribution < 1.29 is 0 Å². The van der Waals surface area contributed by atoms with Gasteiger partial charge < -0.3 is 0 Å². The summed E-state index contributed by atoms with van der Waals surface area (Å²) in [5.41, 5.74) is 0. The average Bonchev–Trinajstić information content (AvgIpc) is 2.42. The predicted octanol–water partition coefficient (Wildman–Crippen LogP) is 3.36. The Balaban J connectivity index is 5.68. The molecule has 0 aromatic carbocycles. The van der Waals surface area contributed by atoms with Crippen LogP contribution in [-0.2, 0) is 0 Å². The molecule has 0 spiro atoms. The summed E-state index contributed by atoms with van der Waals surface area (Å²) in [6, 6.07) is 1.36. The molecule has 0 heterocycles. The fourth-order valence-electron chi connectivity index (χ4n) is 3.60. The fourth-order valence-corrected chi connectivity index (χ4v) is 9.46. The molecule has 0 N–H and O–H groups in total. The maximum atomic E-state index is 2.79. The summed E-state index contributed by atoms with van der Waals surface area (Å²) >= 11 is 0. The number of rotatable bonds is 11. The van der Waals surface area contributed by atoms with Crippen molar-refractivity contribution in [2.45, 2.75) is 60.9 Å². The summed E-state index contributed by atoms with van der Waals surface area (Å²) in [6.45, 7) is 23.4. The van der Waals surface area contributed by atoms with E-state index in [9.17, 15) is 0 Å². The van der Waals surface area contributed by atoms with Crippen LogP contribution in [0.1, 0.15) is 54.9 Å². The van der Waals surface area contributed by atoms with Crippen molar-refractivity contribution in [3.8, 4) is 0 Å². The van der Waals surface area contributed by atoms with Crippen LogP contribution in [-0.4, -0.2) is 61.5 Å². The van der Waals surface area contributed by atoms with Crippen molar-refractivity contribution in [1.82, 2.24) is 13.7 Å². The van der Waals surface area contributed by atoms with Crippen LogP contribution in [0.25, 0.3) is 0 Å². The molecule has 116 valence electrons. The van der Waals surface area contributed by atoms with Gasteiger partial charge >= 0.3 is 0 Å². The minimum Gasteiger partial charge on any atom is -0.300 e. The molecule has 19 heavy (non-hydrogen) atoms. The first kappa shape index (κ1) is 19.1. The lowest BCUT2D eigenvalue weighted by atomic mass is 10.6. The molecule has 0 rings (SSSR count). The highest BCUT2D eigenvalue weighted by Gasteiger charge is 2.47. The Kier molecular flexibility index (Phi) is 9.97. The van der Waals surface area contributed by atoms with E-state index in [1.165, 1.54) is 51.7 Å².